The second-order valence-corrected chi connectivity index (χ2v) is 8.03. The average Bonchev–Trinajstić information content (AvgIpc) is 2.84. The van der Waals surface area contributed by atoms with Crippen molar-refractivity contribution in [3.63, 3.8) is 0 Å². The lowest BCUT2D eigenvalue weighted by Crippen LogP contribution is -2.54. The second-order valence-electron chi connectivity index (χ2n) is 5.48. The van der Waals surface area contributed by atoms with Crippen LogP contribution in [0.25, 0.3) is 0 Å². The van der Waals surface area contributed by atoms with E-state index in [9.17, 15) is 4.79 Å². The summed E-state index contributed by atoms with van der Waals surface area (Å²) in [6.45, 7) is 6.41. The Kier molecular flexibility index (Phi) is 5.21. The molecule has 1 aliphatic heterocycles. The standard InChI is InChI=1S/C15H22BrNOS/c1-3-15(2,17-9-5-4-6-10-17)13(18)11-12-7-8-14(16)19-12/h7-8H,3-6,9-11H2,1-2H3. The minimum absolute atomic E-state index is 0.281. The minimum atomic E-state index is -0.281. The molecule has 0 spiro atoms. The number of carbonyl (C=O) groups excluding carboxylic acids is 1. The Balaban J connectivity index is 2.08. The van der Waals surface area contributed by atoms with E-state index in [-0.39, 0.29) is 5.54 Å². The molecule has 1 aromatic heterocycles. The van der Waals surface area contributed by atoms with Crippen molar-refractivity contribution in [1.29, 1.82) is 0 Å². The molecule has 1 saturated heterocycles. The number of carbonyl (C=O) groups is 1. The van der Waals surface area contributed by atoms with Crippen LogP contribution in [0.15, 0.2) is 15.9 Å². The van der Waals surface area contributed by atoms with Gasteiger partial charge in [-0.3, -0.25) is 9.69 Å². The molecule has 0 radical (unpaired) electrons. The van der Waals surface area contributed by atoms with Gasteiger partial charge in [0.1, 0.15) is 0 Å². The molecule has 2 heterocycles. The summed E-state index contributed by atoms with van der Waals surface area (Å²) >= 11 is 5.13. The van der Waals surface area contributed by atoms with Crippen LogP contribution >= 0.6 is 27.3 Å². The summed E-state index contributed by atoms with van der Waals surface area (Å²) in [6.07, 6.45) is 5.23. The van der Waals surface area contributed by atoms with Crippen molar-refractivity contribution in [2.24, 2.45) is 0 Å². The Hall–Kier alpha value is -0.190. The smallest absolute Gasteiger partial charge is 0.157 e. The van der Waals surface area contributed by atoms with E-state index in [1.165, 1.54) is 19.3 Å². The van der Waals surface area contributed by atoms with Crippen LogP contribution in [0.4, 0.5) is 0 Å². The van der Waals surface area contributed by atoms with E-state index >= 15 is 0 Å². The quantitative estimate of drug-likeness (QED) is 0.795. The Morgan fingerprint density at radius 2 is 2.05 bits per heavy atom. The molecule has 0 aliphatic carbocycles. The molecule has 1 aliphatic rings. The first-order valence-corrected chi connectivity index (χ1v) is 8.70. The lowest BCUT2D eigenvalue weighted by Gasteiger charge is -2.41. The zero-order valence-corrected chi connectivity index (χ0v) is 14.1. The number of piperidine rings is 1. The summed E-state index contributed by atoms with van der Waals surface area (Å²) in [4.78, 5) is 16.3. The summed E-state index contributed by atoms with van der Waals surface area (Å²) in [5.74, 6) is 0.367. The van der Waals surface area contributed by atoms with Gasteiger partial charge in [-0.2, -0.15) is 0 Å². The first kappa shape index (κ1) is 15.2. The van der Waals surface area contributed by atoms with Crippen molar-refractivity contribution in [2.75, 3.05) is 13.1 Å². The highest BCUT2D eigenvalue weighted by molar-refractivity contribution is 9.11. The lowest BCUT2D eigenvalue weighted by molar-refractivity contribution is -0.130. The van der Waals surface area contributed by atoms with Crippen molar-refractivity contribution in [3.8, 4) is 0 Å². The molecular weight excluding hydrogens is 322 g/mol. The third kappa shape index (κ3) is 3.47. The molecular formula is C15H22BrNOS. The van der Waals surface area contributed by atoms with Gasteiger partial charge in [0.15, 0.2) is 5.78 Å². The normalized spacial score (nSPS) is 20.2. The largest absolute Gasteiger partial charge is 0.297 e. The first-order chi connectivity index (χ1) is 9.06. The maximum Gasteiger partial charge on any atom is 0.157 e. The summed E-state index contributed by atoms with van der Waals surface area (Å²) < 4.78 is 1.10. The molecule has 1 unspecified atom stereocenters. The van der Waals surface area contributed by atoms with Crippen molar-refractivity contribution in [1.82, 2.24) is 4.90 Å². The second kappa shape index (κ2) is 6.51. The van der Waals surface area contributed by atoms with Crippen molar-refractivity contribution in [3.05, 3.63) is 20.8 Å². The highest BCUT2D eigenvalue weighted by Gasteiger charge is 2.37. The van der Waals surface area contributed by atoms with E-state index < -0.39 is 0 Å². The van der Waals surface area contributed by atoms with Crippen LogP contribution in [0.5, 0.6) is 0 Å². The molecule has 0 N–H and O–H groups in total. The molecule has 4 heteroatoms. The molecule has 2 nitrogen and oxygen atoms in total. The monoisotopic (exact) mass is 343 g/mol. The molecule has 2 rings (SSSR count). The number of likely N-dealkylation sites (tertiary alicyclic amines) is 1. The molecule has 1 aromatic rings. The van der Waals surface area contributed by atoms with Gasteiger partial charge in [-0.05, 0) is 67.3 Å². The van der Waals surface area contributed by atoms with Crippen LogP contribution in [0, 0.1) is 0 Å². The number of hydrogen-bond donors (Lipinski definition) is 0. The van der Waals surface area contributed by atoms with Gasteiger partial charge in [-0.15, -0.1) is 11.3 Å². The summed E-state index contributed by atoms with van der Waals surface area (Å²) in [5.41, 5.74) is -0.281. The number of hydrogen-bond acceptors (Lipinski definition) is 3. The van der Waals surface area contributed by atoms with E-state index in [1.54, 1.807) is 11.3 Å². The first-order valence-electron chi connectivity index (χ1n) is 7.09. The zero-order valence-electron chi connectivity index (χ0n) is 11.7. The summed E-state index contributed by atoms with van der Waals surface area (Å²) in [5, 5.41) is 0. The fourth-order valence-corrected chi connectivity index (χ4v) is 4.26. The van der Waals surface area contributed by atoms with Gasteiger partial charge in [0.2, 0.25) is 0 Å². The summed E-state index contributed by atoms with van der Waals surface area (Å²) in [7, 11) is 0. The van der Waals surface area contributed by atoms with E-state index in [1.807, 2.05) is 6.07 Å². The van der Waals surface area contributed by atoms with Gasteiger partial charge in [-0.25, -0.2) is 0 Å². The lowest BCUT2D eigenvalue weighted by atomic mass is 9.87. The van der Waals surface area contributed by atoms with Crippen LogP contribution in [0.3, 0.4) is 0 Å². The number of rotatable bonds is 5. The van der Waals surface area contributed by atoms with Gasteiger partial charge < -0.3 is 0 Å². The minimum Gasteiger partial charge on any atom is -0.297 e. The third-order valence-corrected chi connectivity index (χ3v) is 5.93. The number of halogens is 1. The van der Waals surface area contributed by atoms with E-state index in [4.69, 9.17) is 0 Å². The van der Waals surface area contributed by atoms with E-state index in [0.29, 0.717) is 12.2 Å². The average molecular weight is 344 g/mol. The van der Waals surface area contributed by atoms with Crippen molar-refractivity contribution in [2.45, 2.75) is 51.5 Å². The predicted octanol–water partition coefficient (Wildman–Crippen LogP) is 4.28. The highest BCUT2D eigenvalue weighted by Crippen LogP contribution is 2.29. The molecule has 19 heavy (non-hydrogen) atoms. The molecule has 1 atom stereocenters. The van der Waals surface area contributed by atoms with Gasteiger partial charge in [-0.1, -0.05) is 13.3 Å². The number of Topliss-reactive ketones (excluding diaryl/α,β-unsaturated/α-hetero) is 1. The van der Waals surface area contributed by atoms with Gasteiger partial charge >= 0.3 is 0 Å². The molecule has 1 fully saturated rings. The third-order valence-electron chi connectivity index (χ3n) is 4.31. The molecule has 0 saturated carbocycles. The van der Waals surface area contributed by atoms with Crippen LogP contribution in [0.2, 0.25) is 0 Å². The molecule has 0 aromatic carbocycles. The Morgan fingerprint density at radius 3 is 2.58 bits per heavy atom. The summed E-state index contributed by atoms with van der Waals surface area (Å²) in [6, 6.07) is 4.08. The van der Waals surface area contributed by atoms with Crippen LogP contribution in [-0.2, 0) is 11.2 Å². The maximum absolute atomic E-state index is 12.7. The Morgan fingerprint density at radius 1 is 1.37 bits per heavy atom. The fraction of sp³-hybridized carbons (Fsp3) is 0.667. The predicted molar refractivity (Wildman–Crippen MR) is 84.9 cm³/mol. The number of ketones is 1. The van der Waals surface area contributed by atoms with Gasteiger partial charge in [0, 0.05) is 11.3 Å². The Labute approximate surface area is 128 Å². The van der Waals surface area contributed by atoms with Crippen molar-refractivity contribution >= 4 is 33.0 Å². The van der Waals surface area contributed by atoms with E-state index in [2.05, 4.69) is 40.7 Å². The van der Waals surface area contributed by atoms with Gasteiger partial charge in [0.25, 0.3) is 0 Å². The molecule has 0 bridgehead atoms. The Bertz CT molecular complexity index is 439. The van der Waals surface area contributed by atoms with E-state index in [0.717, 1.165) is 28.2 Å². The topological polar surface area (TPSA) is 20.3 Å². The SMILES string of the molecule is CCC(C)(C(=O)Cc1ccc(Br)s1)N1CCCCC1. The van der Waals surface area contributed by atoms with Gasteiger partial charge in [0.05, 0.1) is 9.33 Å². The number of nitrogens with zero attached hydrogens (tertiary/aromatic N) is 1. The molecule has 0 amide bonds. The van der Waals surface area contributed by atoms with Crippen LogP contribution < -0.4 is 0 Å². The van der Waals surface area contributed by atoms with Crippen LogP contribution in [0.1, 0.15) is 44.4 Å². The van der Waals surface area contributed by atoms with Crippen molar-refractivity contribution < 1.29 is 4.79 Å². The van der Waals surface area contributed by atoms with Crippen LogP contribution in [-0.4, -0.2) is 29.3 Å². The molecule has 106 valence electrons. The highest BCUT2D eigenvalue weighted by atomic mass is 79.9. The zero-order chi connectivity index (χ0) is 13.9. The maximum atomic E-state index is 12.7. The number of thiophene rings is 1. The fourth-order valence-electron chi connectivity index (χ4n) is 2.78.